The summed E-state index contributed by atoms with van der Waals surface area (Å²) in [4.78, 5) is 22.4. The van der Waals surface area contributed by atoms with Gasteiger partial charge in [0.15, 0.2) is 0 Å². The van der Waals surface area contributed by atoms with E-state index < -0.39 is 17.3 Å². The molecule has 94 valence electrons. The number of rotatable bonds is 3. The number of amides is 1. The molecule has 4 heteroatoms. The lowest BCUT2D eigenvalue weighted by Gasteiger charge is -2.18. The smallest absolute Gasteiger partial charge is 0.318 e. The van der Waals surface area contributed by atoms with Crippen molar-refractivity contribution in [2.75, 3.05) is 5.32 Å². The third kappa shape index (κ3) is 4.26. The molecule has 0 aliphatic heterocycles. The van der Waals surface area contributed by atoms with Crippen molar-refractivity contribution in [1.29, 1.82) is 0 Å². The van der Waals surface area contributed by atoms with E-state index in [1.54, 1.807) is 24.3 Å². The molecule has 0 spiro atoms. The monoisotopic (exact) mass is 237 g/mol. The Morgan fingerprint density at radius 2 is 1.59 bits per heavy atom. The zero-order chi connectivity index (χ0) is 13.5. The summed E-state index contributed by atoms with van der Waals surface area (Å²) in [6, 6.07) is 8.76. The van der Waals surface area contributed by atoms with Gasteiger partial charge >= 0.3 is 5.97 Å². The number of nitrogens with one attached hydrogen (secondary N) is 1. The van der Waals surface area contributed by atoms with Crippen molar-refractivity contribution in [2.24, 2.45) is 5.41 Å². The summed E-state index contributed by atoms with van der Waals surface area (Å²) in [6.07, 6.45) is 0. The van der Waals surface area contributed by atoms with E-state index in [0.717, 1.165) is 0 Å². The molecular formula is C13H19NO3. The molecule has 0 fully saturated rings. The van der Waals surface area contributed by atoms with Gasteiger partial charge in [-0.15, -0.1) is 0 Å². The molecule has 0 saturated heterocycles. The number of para-hydroxylation sites is 1. The van der Waals surface area contributed by atoms with Crippen LogP contribution in [0, 0.1) is 5.41 Å². The molecule has 0 unspecified atom stereocenters. The van der Waals surface area contributed by atoms with Gasteiger partial charge in [0.1, 0.15) is 5.41 Å². The van der Waals surface area contributed by atoms with Crippen LogP contribution in [0.1, 0.15) is 27.7 Å². The summed E-state index contributed by atoms with van der Waals surface area (Å²) in [5, 5.41) is 11.4. The standard InChI is InChI=1S/C11H13NO3.C2H6/c1-11(2,10(14)15)9(13)12-8-6-4-3-5-7-8;1-2/h3-7H,1-2H3,(H,12,13)(H,14,15);1-2H3. The lowest BCUT2D eigenvalue weighted by Crippen LogP contribution is -2.37. The fourth-order valence-electron chi connectivity index (χ4n) is 0.906. The average Bonchev–Trinajstić information content (AvgIpc) is 2.32. The van der Waals surface area contributed by atoms with Crippen molar-refractivity contribution in [1.82, 2.24) is 0 Å². The first-order valence-electron chi connectivity index (χ1n) is 5.54. The van der Waals surface area contributed by atoms with Crippen LogP contribution in [0.4, 0.5) is 5.69 Å². The first-order chi connectivity index (χ1) is 7.94. The number of aliphatic carboxylic acids is 1. The van der Waals surface area contributed by atoms with E-state index in [9.17, 15) is 9.59 Å². The molecule has 0 atom stereocenters. The normalized spacial score (nSPS) is 9.88. The molecule has 17 heavy (non-hydrogen) atoms. The van der Waals surface area contributed by atoms with Crippen LogP contribution >= 0.6 is 0 Å². The van der Waals surface area contributed by atoms with E-state index in [0.29, 0.717) is 5.69 Å². The minimum atomic E-state index is -1.42. The zero-order valence-electron chi connectivity index (χ0n) is 10.7. The van der Waals surface area contributed by atoms with Crippen LogP contribution in [0.3, 0.4) is 0 Å². The highest BCUT2D eigenvalue weighted by Gasteiger charge is 2.35. The molecule has 1 rings (SSSR count). The maximum absolute atomic E-state index is 11.6. The molecule has 0 aromatic heterocycles. The number of anilines is 1. The number of carbonyl (C=O) groups excluding carboxylic acids is 1. The van der Waals surface area contributed by atoms with Crippen LogP contribution in [0.2, 0.25) is 0 Å². The minimum Gasteiger partial charge on any atom is -0.480 e. The molecule has 1 aromatic carbocycles. The molecule has 4 nitrogen and oxygen atoms in total. The maximum Gasteiger partial charge on any atom is 0.318 e. The van der Waals surface area contributed by atoms with E-state index in [2.05, 4.69) is 5.32 Å². The second-order valence-electron chi connectivity index (χ2n) is 3.75. The zero-order valence-corrected chi connectivity index (χ0v) is 10.7. The predicted octanol–water partition coefficient (Wildman–Crippen LogP) is 2.76. The van der Waals surface area contributed by atoms with Crippen LogP contribution in [-0.4, -0.2) is 17.0 Å². The number of carboxylic acids is 1. The van der Waals surface area contributed by atoms with Gasteiger partial charge in [-0.2, -0.15) is 0 Å². The second kappa shape index (κ2) is 6.68. The molecule has 1 amide bonds. The van der Waals surface area contributed by atoms with Gasteiger partial charge in [0.05, 0.1) is 0 Å². The van der Waals surface area contributed by atoms with Crippen molar-refractivity contribution in [3.63, 3.8) is 0 Å². The Morgan fingerprint density at radius 1 is 1.12 bits per heavy atom. The van der Waals surface area contributed by atoms with Crippen molar-refractivity contribution in [3.8, 4) is 0 Å². The Morgan fingerprint density at radius 3 is 2.00 bits per heavy atom. The molecule has 0 aliphatic rings. The van der Waals surface area contributed by atoms with Gasteiger partial charge in [-0.3, -0.25) is 9.59 Å². The molecule has 2 N–H and O–H groups in total. The quantitative estimate of drug-likeness (QED) is 0.794. The van der Waals surface area contributed by atoms with E-state index in [-0.39, 0.29) is 0 Å². The van der Waals surface area contributed by atoms with Crippen LogP contribution in [0.15, 0.2) is 30.3 Å². The summed E-state index contributed by atoms with van der Waals surface area (Å²) in [5.41, 5.74) is -0.827. The molecule has 0 heterocycles. The molecular weight excluding hydrogens is 218 g/mol. The van der Waals surface area contributed by atoms with Crippen LogP contribution in [0.5, 0.6) is 0 Å². The lowest BCUT2D eigenvalue weighted by atomic mass is 9.92. The molecule has 1 aromatic rings. The number of hydrogen-bond acceptors (Lipinski definition) is 2. The lowest BCUT2D eigenvalue weighted by molar-refractivity contribution is -0.151. The van der Waals surface area contributed by atoms with Gasteiger partial charge in [-0.1, -0.05) is 32.0 Å². The van der Waals surface area contributed by atoms with Gasteiger partial charge in [-0.05, 0) is 26.0 Å². The van der Waals surface area contributed by atoms with Crippen molar-refractivity contribution in [2.45, 2.75) is 27.7 Å². The Kier molecular flexibility index (Phi) is 5.96. The molecule has 0 bridgehead atoms. The summed E-state index contributed by atoms with van der Waals surface area (Å²) in [7, 11) is 0. The Bertz CT molecular complexity index is 372. The summed E-state index contributed by atoms with van der Waals surface area (Å²) < 4.78 is 0. The number of benzene rings is 1. The first-order valence-corrected chi connectivity index (χ1v) is 5.54. The van der Waals surface area contributed by atoms with Gasteiger partial charge < -0.3 is 10.4 Å². The van der Waals surface area contributed by atoms with E-state index >= 15 is 0 Å². The first kappa shape index (κ1) is 15.2. The largest absolute Gasteiger partial charge is 0.480 e. The SMILES string of the molecule is CC.CC(C)(C(=O)O)C(=O)Nc1ccccc1. The van der Waals surface area contributed by atoms with E-state index in [4.69, 9.17) is 5.11 Å². The second-order valence-corrected chi connectivity index (χ2v) is 3.75. The number of hydrogen-bond donors (Lipinski definition) is 2. The Labute approximate surface area is 102 Å². The minimum absolute atomic E-state index is 0.527. The molecule has 0 saturated carbocycles. The average molecular weight is 237 g/mol. The third-order valence-electron chi connectivity index (χ3n) is 2.13. The summed E-state index contributed by atoms with van der Waals surface area (Å²) >= 11 is 0. The highest BCUT2D eigenvalue weighted by atomic mass is 16.4. The van der Waals surface area contributed by atoms with E-state index in [1.165, 1.54) is 13.8 Å². The highest BCUT2D eigenvalue weighted by molar-refractivity contribution is 6.07. The van der Waals surface area contributed by atoms with Gasteiger partial charge in [-0.25, -0.2) is 0 Å². The fraction of sp³-hybridized carbons (Fsp3) is 0.385. The summed E-state index contributed by atoms with van der Waals surface area (Å²) in [5.74, 6) is -1.67. The summed E-state index contributed by atoms with van der Waals surface area (Å²) in [6.45, 7) is 6.74. The fourth-order valence-corrected chi connectivity index (χ4v) is 0.906. The Balaban J connectivity index is 0.00000121. The van der Waals surface area contributed by atoms with Crippen molar-refractivity contribution >= 4 is 17.6 Å². The highest BCUT2D eigenvalue weighted by Crippen LogP contribution is 2.18. The van der Waals surface area contributed by atoms with Crippen LogP contribution in [0.25, 0.3) is 0 Å². The topological polar surface area (TPSA) is 66.4 Å². The van der Waals surface area contributed by atoms with Gasteiger partial charge in [0.25, 0.3) is 0 Å². The van der Waals surface area contributed by atoms with Crippen LogP contribution < -0.4 is 5.32 Å². The number of carbonyl (C=O) groups is 2. The molecule has 0 radical (unpaired) electrons. The van der Waals surface area contributed by atoms with Crippen molar-refractivity contribution < 1.29 is 14.7 Å². The van der Waals surface area contributed by atoms with Crippen LogP contribution in [-0.2, 0) is 9.59 Å². The Hall–Kier alpha value is -1.84. The predicted molar refractivity (Wildman–Crippen MR) is 67.8 cm³/mol. The third-order valence-corrected chi connectivity index (χ3v) is 2.13. The van der Waals surface area contributed by atoms with E-state index in [1.807, 2.05) is 19.9 Å². The van der Waals surface area contributed by atoms with Gasteiger partial charge in [0, 0.05) is 5.69 Å². The van der Waals surface area contributed by atoms with Gasteiger partial charge in [0.2, 0.25) is 5.91 Å². The number of carboxylic acid groups (broad SMARTS) is 1. The van der Waals surface area contributed by atoms with Crippen molar-refractivity contribution in [3.05, 3.63) is 30.3 Å². The maximum atomic E-state index is 11.6. The molecule has 0 aliphatic carbocycles.